The molecule has 0 aliphatic heterocycles. The lowest BCUT2D eigenvalue weighted by molar-refractivity contribution is 0.0937. The summed E-state index contributed by atoms with van der Waals surface area (Å²) in [5.74, 6) is -0.0730. The Kier molecular flexibility index (Phi) is 4.60. The average Bonchev–Trinajstić information content (AvgIpc) is 3.03. The van der Waals surface area contributed by atoms with Crippen LogP contribution in [-0.4, -0.2) is 18.0 Å². The van der Waals surface area contributed by atoms with E-state index in [4.69, 9.17) is 5.53 Å². The Bertz CT molecular complexity index is 720. The molecule has 5 nitrogen and oxygen atoms in total. The Hall–Kier alpha value is -2.78. The fourth-order valence-corrected chi connectivity index (χ4v) is 2.98. The maximum atomic E-state index is 12.3. The largest absolute Gasteiger partial charge is 0.349 e. The Morgan fingerprint density at radius 1 is 1.04 bits per heavy atom. The van der Waals surface area contributed by atoms with Crippen molar-refractivity contribution < 1.29 is 4.79 Å². The molecule has 1 aliphatic rings. The second kappa shape index (κ2) is 6.99. The second-order valence-electron chi connectivity index (χ2n) is 5.79. The SMILES string of the molecule is [N-]=[N+]=N[C@H]1CC[C@@H](NC(=O)c2ccc(-c3ccccc3)cc2)C1. The standard InChI is InChI=1S/C18H18N4O/c19-22-21-17-11-10-16(12-17)20-18(23)15-8-6-14(7-9-15)13-4-2-1-3-5-13/h1-9,16-17H,10-12H2,(H,20,23)/t16-,17+/m1/s1. The van der Waals surface area contributed by atoms with Crippen molar-refractivity contribution in [2.75, 3.05) is 0 Å². The van der Waals surface area contributed by atoms with E-state index in [1.165, 1.54) is 0 Å². The molecule has 1 amide bonds. The number of benzene rings is 2. The van der Waals surface area contributed by atoms with Crippen molar-refractivity contribution >= 4 is 5.91 Å². The summed E-state index contributed by atoms with van der Waals surface area (Å²) >= 11 is 0. The van der Waals surface area contributed by atoms with E-state index in [2.05, 4.69) is 15.3 Å². The first kappa shape index (κ1) is 15.1. The Morgan fingerprint density at radius 3 is 2.43 bits per heavy atom. The summed E-state index contributed by atoms with van der Waals surface area (Å²) in [6.45, 7) is 0. The van der Waals surface area contributed by atoms with Crippen molar-refractivity contribution in [3.63, 3.8) is 0 Å². The molecule has 1 N–H and O–H groups in total. The van der Waals surface area contributed by atoms with Crippen LogP contribution in [0.5, 0.6) is 0 Å². The third-order valence-electron chi connectivity index (χ3n) is 4.21. The van der Waals surface area contributed by atoms with Gasteiger partial charge < -0.3 is 5.32 Å². The number of nitrogens with zero attached hydrogens (tertiary/aromatic N) is 3. The highest BCUT2D eigenvalue weighted by molar-refractivity contribution is 5.94. The van der Waals surface area contributed by atoms with Crippen molar-refractivity contribution in [2.24, 2.45) is 5.11 Å². The van der Waals surface area contributed by atoms with Crippen LogP contribution < -0.4 is 5.32 Å². The van der Waals surface area contributed by atoms with Gasteiger partial charge in [0.2, 0.25) is 0 Å². The van der Waals surface area contributed by atoms with Gasteiger partial charge in [0.25, 0.3) is 5.91 Å². The highest BCUT2D eigenvalue weighted by atomic mass is 16.1. The molecule has 0 bridgehead atoms. The monoisotopic (exact) mass is 306 g/mol. The highest BCUT2D eigenvalue weighted by Gasteiger charge is 2.25. The van der Waals surface area contributed by atoms with E-state index < -0.39 is 0 Å². The number of amides is 1. The van der Waals surface area contributed by atoms with Crippen LogP contribution in [0.3, 0.4) is 0 Å². The number of hydrogen-bond acceptors (Lipinski definition) is 2. The van der Waals surface area contributed by atoms with Crippen molar-refractivity contribution in [2.45, 2.75) is 31.3 Å². The second-order valence-corrected chi connectivity index (χ2v) is 5.79. The first-order chi connectivity index (χ1) is 11.3. The van der Waals surface area contributed by atoms with Gasteiger partial charge in [-0.25, -0.2) is 0 Å². The molecule has 2 atom stereocenters. The molecule has 5 heteroatoms. The van der Waals surface area contributed by atoms with Crippen LogP contribution in [0.15, 0.2) is 59.7 Å². The molecule has 1 fully saturated rings. The number of azide groups is 1. The molecular weight excluding hydrogens is 288 g/mol. The Labute approximate surface area is 135 Å². The van der Waals surface area contributed by atoms with Gasteiger partial charge in [-0.05, 0) is 48.1 Å². The van der Waals surface area contributed by atoms with Crippen LogP contribution in [0, 0.1) is 0 Å². The maximum absolute atomic E-state index is 12.3. The summed E-state index contributed by atoms with van der Waals surface area (Å²) in [4.78, 5) is 15.1. The first-order valence-corrected chi connectivity index (χ1v) is 7.77. The van der Waals surface area contributed by atoms with Gasteiger partial charge >= 0.3 is 0 Å². The van der Waals surface area contributed by atoms with E-state index >= 15 is 0 Å². The molecule has 116 valence electrons. The van der Waals surface area contributed by atoms with Crippen molar-refractivity contribution in [1.82, 2.24) is 5.32 Å². The number of carbonyl (C=O) groups excluding carboxylic acids is 1. The smallest absolute Gasteiger partial charge is 0.251 e. The number of rotatable bonds is 4. The van der Waals surface area contributed by atoms with Crippen molar-refractivity contribution in [3.8, 4) is 11.1 Å². The molecular formula is C18H18N4O. The predicted octanol–water partition coefficient (Wildman–Crippen LogP) is 4.31. The van der Waals surface area contributed by atoms with Crippen molar-refractivity contribution in [1.29, 1.82) is 0 Å². The molecule has 2 aromatic rings. The minimum Gasteiger partial charge on any atom is -0.349 e. The molecule has 0 unspecified atom stereocenters. The van der Waals surface area contributed by atoms with Crippen LogP contribution in [0.4, 0.5) is 0 Å². The van der Waals surface area contributed by atoms with Gasteiger partial charge in [0.1, 0.15) is 0 Å². The quantitative estimate of drug-likeness (QED) is 0.510. The highest BCUT2D eigenvalue weighted by Crippen LogP contribution is 2.23. The lowest BCUT2D eigenvalue weighted by Gasteiger charge is -2.12. The molecule has 0 spiro atoms. The van der Waals surface area contributed by atoms with Crippen LogP contribution >= 0.6 is 0 Å². The van der Waals surface area contributed by atoms with E-state index in [-0.39, 0.29) is 18.0 Å². The van der Waals surface area contributed by atoms with Gasteiger partial charge in [-0.3, -0.25) is 4.79 Å². The van der Waals surface area contributed by atoms with E-state index in [9.17, 15) is 4.79 Å². The minimum atomic E-state index is -0.0730. The summed E-state index contributed by atoms with van der Waals surface area (Å²) in [6.07, 6.45) is 2.41. The summed E-state index contributed by atoms with van der Waals surface area (Å²) in [7, 11) is 0. The third kappa shape index (κ3) is 3.71. The Balaban J connectivity index is 1.63. The van der Waals surface area contributed by atoms with Crippen molar-refractivity contribution in [3.05, 3.63) is 70.6 Å². The Morgan fingerprint density at radius 2 is 1.74 bits per heavy atom. The van der Waals surface area contributed by atoms with Gasteiger partial charge in [-0.1, -0.05) is 47.6 Å². The molecule has 3 rings (SSSR count). The molecule has 23 heavy (non-hydrogen) atoms. The van der Waals surface area contributed by atoms with Crippen LogP contribution in [0.1, 0.15) is 29.6 Å². The molecule has 2 aromatic carbocycles. The molecule has 1 aliphatic carbocycles. The van der Waals surface area contributed by atoms with Gasteiger partial charge in [0, 0.05) is 22.6 Å². The zero-order chi connectivity index (χ0) is 16.1. The number of nitrogens with one attached hydrogen (secondary N) is 1. The number of carbonyl (C=O) groups is 1. The zero-order valence-electron chi connectivity index (χ0n) is 12.7. The molecule has 0 saturated heterocycles. The lowest BCUT2D eigenvalue weighted by Crippen LogP contribution is -2.33. The summed E-state index contributed by atoms with van der Waals surface area (Å²) < 4.78 is 0. The van der Waals surface area contributed by atoms with Crippen LogP contribution in [0.2, 0.25) is 0 Å². The fourth-order valence-electron chi connectivity index (χ4n) is 2.98. The van der Waals surface area contributed by atoms with Crippen LogP contribution in [-0.2, 0) is 0 Å². The molecule has 0 heterocycles. The number of hydrogen-bond donors (Lipinski definition) is 1. The topological polar surface area (TPSA) is 77.9 Å². The molecule has 0 aromatic heterocycles. The van der Waals surface area contributed by atoms with E-state index in [1.807, 2.05) is 54.6 Å². The van der Waals surface area contributed by atoms with E-state index in [0.717, 1.165) is 30.4 Å². The molecule has 1 saturated carbocycles. The predicted molar refractivity (Wildman–Crippen MR) is 89.9 cm³/mol. The van der Waals surface area contributed by atoms with Gasteiger partial charge in [-0.2, -0.15) is 0 Å². The lowest BCUT2D eigenvalue weighted by atomic mass is 10.0. The summed E-state index contributed by atoms with van der Waals surface area (Å²) in [5, 5.41) is 6.75. The minimum absolute atomic E-state index is 0.00533. The summed E-state index contributed by atoms with van der Waals surface area (Å²) in [5.41, 5.74) is 11.3. The van der Waals surface area contributed by atoms with E-state index in [1.54, 1.807) is 0 Å². The van der Waals surface area contributed by atoms with E-state index in [0.29, 0.717) is 5.56 Å². The van der Waals surface area contributed by atoms with Gasteiger partial charge in [0.05, 0.1) is 0 Å². The first-order valence-electron chi connectivity index (χ1n) is 7.77. The van der Waals surface area contributed by atoms with Crippen LogP contribution in [0.25, 0.3) is 21.6 Å². The van der Waals surface area contributed by atoms with Gasteiger partial charge in [-0.15, -0.1) is 0 Å². The maximum Gasteiger partial charge on any atom is 0.251 e. The summed E-state index contributed by atoms with van der Waals surface area (Å²) in [6, 6.07) is 17.8. The average molecular weight is 306 g/mol. The third-order valence-corrected chi connectivity index (χ3v) is 4.21. The molecule has 0 radical (unpaired) electrons. The normalized spacial score (nSPS) is 19.8. The zero-order valence-corrected chi connectivity index (χ0v) is 12.7. The fraction of sp³-hybridized carbons (Fsp3) is 0.278. The van der Waals surface area contributed by atoms with Gasteiger partial charge in [0.15, 0.2) is 0 Å².